The normalized spacial score (nSPS) is 12.9. The number of rotatable bonds is 31. The van der Waals surface area contributed by atoms with Crippen molar-refractivity contribution in [3.05, 3.63) is 299 Å². The monoisotopic (exact) mass is 1990 g/mol. The van der Waals surface area contributed by atoms with Gasteiger partial charge in [0.25, 0.3) is 28.8 Å². The molecule has 0 saturated heterocycles. The molecule has 1 fully saturated rings. The molecule has 0 aliphatic heterocycles. The number of hydrogen-bond acceptors (Lipinski definition) is 21. The Kier molecular flexibility index (Phi) is 33.9. The first kappa shape index (κ1) is 105. The summed E-state index contributed by atoms with van der Waals surface area (Å²) in [6.45, 7) is 9.42. The second kappa shape index (κ2) is 45.7. The van der Waals surface area contributed by atoms with E-state index in [0.717, 1.165) is 50.3 Å². The number of amides is 4. The Bertz CT molecular complexity index is 7040. The highest BCUT2D eigenvalue weighted by Gasteiger charge is 2.49. The highest BCUT2D eigenvalue weighted by molar-refractivity contribution is 6.33. The number of methoxy groups -OCH3 is 5. The first-order chi connectivity index (χ1) is 67.5. The third-order valence-electron chi connectivity index (χ3n) is 23.5. The van der Waals surface area contributed by atoms with Crippen LogP contribution in [0.2, 0.25) is 5.02 Å². The minimum atomic E-state index is -4.68. The number of hydrogen-bond donors (Lipinski definition) is 6. The van der Waals surface area contributed by atoms with Crippen molar-refractivity contribution in [2.24, 2.45) is 20.0 Å². The SMILES string of the molecule is CCOCc1cc(OC)c(-c2ccc(C[C@H](NC(=O)c3c(F)cc(NC(=O)Oc4ccccc4)cc3F)C(=O)OC)c3cccnc23)c(OC)c1.CC[C@@H](Nc1cc(F)c(C(=O)N[C@@H](Cc2ccc(-c3c(Cl)cc(C)n(C)c3=O)c3ncccc23)C(=O)OC)c(F)c1)C(F)(F)F.COC(=O)[C@H](Cc1ccc(-c2c(C)cc(C)n(C)c2=O)c2ncccc12)NC(=O)c1c(F)cc(N[C@H](C2CC2)C(F)(F)F)cc1F. The smallest absolute Gasteiger partial charge is 0.417 e. The summed E-state index contributed by atoms with van der Waals surface area (Å²) in [4.78, 5) is 130. The first-order valence-electron chi connectivity index (χ1n) is 43.9. The Hall–Kier alpha value is -15.4. The van der Waals surface area contributed by atoms with E-state index in [1.54, 1.807) is 145 Å². The molecule has 0 bridgehead atoms. The van der Waals surface area contributed by atoms with Gasteiger partial charge in [0.2, 0.25) is 0 Å². The van der Waals surface area contributed by atoms with E-state index in [1.807, 2.05) is 44.3 Å². The molecule has 14 rings (SSSR count). The Labute approximate surface area is 808 Å². The van der Waals surface area contributed by atoms with Crippen molar-refractivity contribution in [2.45, 2.75) is 122 Å². The van der Waals surface area contributed by atoms with Crippen LogP contribution in [0.1, 0.15) is 103 Å². The number of esters is 3. The van der Waals surface area contributed by atoms with Gasteiger partial charge < -0.3 is 68.9 Å². The first-order valence-corrected chi connectivity index (χ1v) is 44.2. The number of anilines is 3. The van der Waals surface area contributed by atoms with Crippen LogP contribution in [0.5, 0.6) is 17.2 Å². The maximum absolute atomic E-state index is 15.2. The van der Waals surface area contributed by atoms with Crippen LogP contribution in [0.25, 0.3) is 66.1 Å². The maximum atomic E-state index is 15.2. The van der Waals surface area contributed by atoms with Gasteiger partial charge in [-0.15, -0.1) is 0 Å². The molecule has 8 aromatic carbocycles. The molecular formula is C102H94ClF12N11O16. The number of alkyl halides is 6. The molecule has 27 nitrogen and oxygen atoms in total. The summed E-state index contributed by atoms with van der Waals surface area (Å²) < 4.78 is 210. The van der Waals surface area contributed by atoms with E-state index >= 15 is 17.6 Å². The van der Waals surface area contributed by atoms with E-state index in [-0.39, 0.29) is 52.4 Å². The summed E-state index contributed by atoms with van der Waals surface area (Å²) in [7, 11) is 9.64. The van der Waals surface area contributed by atoms with Crippen molar-refractivity contribution in [3.8, 4) is 50.6 Å². The lowest BCUT2D eigenvalue weighted by Gasteiger charge is -2.23. The van der Waals surface area contributed by atoms with Crippen LogP contribution in [0.3, 0.4) is 0 Å². The standard InChI is InChI=1S/C38H35F2N3O8.C33H31F5N4O4.C31H28ClF5N4O4/c1-5-50-21-22-16-31(47-2)33(32(17-22)48-3)27-14-13-23(26-12-9-15-41-35(26)27)18-30(37(45)49-4)43-36(44)34-28(39)19-24(20-29(34)40)42-38(46)51-25-10-7-6-8-11-25;1-16-12-17(2)42(3)31(44)26(16)22-10-9-19(21-6-5-11-39-28(21)22)13-25(32(45)46-4)41-30(43)27-23(34)14-20(15-24(27)35)40-29(18-7-8-18)33(36,37)38;1-5-24(31(35,36)37)39-17-13-21(33)26(22(34)14-17)28(42)40-23(30(44)45-4)12-16-8-9-19(27-18(16)7-6-10-38-27)25-20(32)11-15(2)41(3)29(25)43/h6-17,19-20,30H,5,18,21H2,1-4H3,(H,42,46)(H,43,44);5-6,9-12,14-15,18,25,29,40H,7-8,13H2,1-4H3,(H,41,43);6-11,13-14,23-24,39H,5,12H2,1-4H3,(H,40,42)/t30-;25-,29+;23-,24+/m000/s1. The minimum absolute atomic E-state index is 0.114. The van der Waals surface area contributed by atoms with Gasteiger partial charge in [-0.05, 0) is 172 Å². The van der Waals surface area contributed by atoms with Crippen LogP contribution in [0.15, 0.2) is 192 Å². The van der Waals surface area contributed by atoms with E-state index in [4.69, 9.17) is 44.8 Å². The molecule has 0 radical (unpaired) electrons. The van der Waals surface area contributed by atoms with Crippen molar-refractivity contribution < 1.29 is 119 Å². The third kappa shape index (κ3) is 24.3. The van der Waals surface area contributed by atoms with Crippen molar-refractivity contribution >= 4 is 103 Å². The number of fused-ring (bicyclic) bond motifs is 3. The Balaban J connectivity index is 0.000000191. The second-order valence-electron chi connectivity index (χ2n) is 32.8. The number of carbonyl (C=O) groups excluding carboxylic acids is 7. The lowest BCUT2D eigenvalue weighted by Crippen LogP contribution is -2.43. The second-order valence-corrected chi connectivity index (χ2v) is 33.2. The van der Waals surface area contributed by atoms with Crippen LogP contribution in [-0.2, 0) is 73.3 Å². The number of aryl methyl sites for hydroxylation is 3. The molecule has 5 atom stereocenters. The summed E-state index contributed by atoms with van der Waals surface area (Å²) >= 11 is 6.46. The fraction of sp³-hybridized carbons (Fsp3) is 0.275. The molecule has 6 N–H and O–H groups in total. The molecule has 1 saturated carbocycles. The summed E-state index contributed by atoms with van der Waals surface area (Å²) in [5, 5.41) is 15.3. The molecule has 0 unspecified atom stereocenters. The number of nitrogens with zero attached hydrogens (tertiary/aromatic N) is 5. The average Bonchev–Trinajstić information content (AvgIpc) is 1.20. The third-order valence-corrected chi connectivity index (χ3v) is 23.8. The van der Waals surface area contributed by atoms with Crippen molar-refractivity contribution in [2.75, 3.05) is 58.1 Å². The lowest BCUT2D eigenvalue weighted by atomic mass is 9.93. The molecule has 744 valence electrons. The van der Waals surface area contributed by atoms with E-state index < -0.39 is 160 Å². The fourth-order valence-electron chi connectivity index (χ4n) is 16.1. The highest BCUT2D eigenvalue weighted by atomic mass is 35.5. The maximum Gasteiger partial charge on any atom is 0.417 e. The fourth-order valence-corrected chi connectivity index (χ4v) is 16.4. The minimum Gasteiger partial charge on any atom is -0.496 e. The quantitative estimate of drug-likeness (QED) is 0.0133. The van der Waals surface area contributed by atoms with Crippen LogP contribution < -0.4 is 57.2 Å². The molecule has 40 heteroatoms. The predicted octanol–water partition coefficient (Wildman–Crippen LogP) is 18.7. The number of benzene rings is 8. The number of nitrogens with one attached hydrogen (secondary N) is 6. The van der Waals surface area contributed by atoms with E-state index in [9.17, 15) is 78.3 Å². The molecule has 5 heterocycles. The molecule has 1 aliphatic carbocycles. The lowest BCUT2D eigenvalue weighted by molar-refractivity contribution is -0.147. The van der Waals surface area contributed by atoms with Gasteiger partial charge in [0.15, 0.2) is 0 Å². The zero-order chi connectivity index (χ0) is 103. The molecule has 1 aliphatic rings. The molecule has 0 spiro atoms. The van der Waals surface area contributed by atoms with Crippen LogP contribution >= 0.6 is 11.6 Å². The van der Waals surface area contributed by atoms with Gasteiger partial charge in [-0.25, -0.2) is 45.5 Å². The largest absolute Gasteiger partial charge is 0.496 e. The topological polar surface area (TPSA) is 339 Å². The van der Waals surface area contributed by atoms with E-state index in [2.05, 4.69) is 41.5 Å². The van der Waals surface area contributed by atoms with Gasteiger partial charge >= 0.3 is 36.4 Å². The van der Waals surface area contributed by atoms with Gasteiger partial charge in [-0.3, -0.25) is 44.2 Å². The van der Waals surface area contributed by atoms with Gasteiger partial charge in [-0.2, -0.15) is 26.3 Å². The van der Waals surface area contributed by atoms with Gasteiger partial charge in [0.05, 0.1) is 80.4 Å². The summed E-state index contributed by atoms with van der Waals surface area (Å²) in [5.74, 6) is -14.2. The van der Waals surface area contributed by atoms with Crippen LogP contribution in [0, 0.1) is 61.6 Å². The Morgan fingerprint density at radius 1 is 0.465 bits per heavy atom. The van der Waals surface area contributed by atoms with Crippen molar-refractivity contribution in [3.63, 3.8) is 0 Å². The molecule has 13 aromatic rings. The average molecular weight is 1990 g/mol. The molecular weight excluding hydrogens is 1900 g/mol. The molecule has 142 heavy (non-hydrogen) atoms. The van der Waals surface area contributed by atoms with E-state index in [1.165, 1.54) is 34.4 Å². The molecule has 5 aromatic heterocycles. The van der Waals surface area contributed by atoms with Gasteiger partial charge in [-0.1, -0.05) is 91.3 Å². The highest BCUT2D eigenvalue weighted by Crippen LogP contribution is 2.46. The molecule has 4 amide bonds. The summed E-state index contributed by atoms with van der Waals surface area (Å²) in [6.07, 6.45) is -5.89. The van der Waals surface area contributed by atoms with E-state index in [0.29, 0.717) is 145 Å². The summed E-state index contributed by atoms with van der Waals surface area (Å²) in [5.41, 5.74) is 3.95. The van der Waals surface area contributed by atoms with Crippen molar-refractivity contribution in [1.82, 2.24) is 40.0 Å². The number of halogens is 13. The zero-order valence-electron chi connectivity index (χ0n) is 78.1. The van der Waals surface area contributed by atoms with Crippen LogP contribution in [-0.4, -0.2) is 151 Å². The van der Waals surface area contributed by atoms with Crippen LogP contribution in [0.4, 0.5) is 74.5 Å². The Morgan fingerprint density at radius 3 is 1.22 bits per heavy atom. The van der Waals surface area contributed by atoms with Gasteiger partial charge in [0.1, 0.15) is 99.1 Å². The van der Waals surface area contributed by atoms with Gasteiger partial charge in [0, 0.05) is 120 Å². The number of pyridine rings is 5. The van der Waals surface area contributed by atoms with Crippen molar-refractivity contribution in [1.29, 1.82) is 0 Å². The number of carbonyl (C=O) groups is 7. The number of ether oxygens (including phenoxy) is 7. The number of para-hydroxylation sites is 1. The number of aromatic nitrogens is 5. The zero-order valence-corrected chi connectivity index (χ0v) is 78.9. The summed E-state index contributed by atoms with van der Waals surface area (Å²) in [6, 6.07) is 31.2. The predicted molar refractivity (Wildman–Crippen MR) is 506 cm³/mol. The Morgan fingerprint density at radius 2 is 0.845 bits per heavy atom.